The van der Waals surface area contributed by atoms with E-state index in [1.807, 2.05) is 5.38 Å². The van der Waals surface area contributed by atoms with Gasteiger partial charge in [-0.3, -0.25) is 0 Å². The molecule has 0 amide bonds. The van der Waals surface area contributed by atoms with Gasteiger partial charge in [0.25, 0.3) is 0 Å². The van der Waals surface area contributed by atoms with Crippen LogP contribution in [-0.4, -0.2) is 30.3 Å². The lowest BCUT2D eigenvalue weighted by Gasteiger charge is -2.26. The maximum absolute atomic E-state index is 5.73. The van der Waals surface area contributed by atoms with Crippen LogP contribution in [0.2, 0.25) is 0 Å². The minimum Gasteiger partial charge on any atom is -0.374 e. The predicted octanol–water partition coefficient (Wildman–Crippen LogP) is 1.86. The maximum Gasteiger partial charge on any atom is 0.185 e. The number of halogens is 1. The number of hydrogen-bond donors (Lipinski definition) is 0. The second-order valence-electron chi connectivity index (χ2n) is 3.75. The Kier molecular flexibility index (Phi) is 2.15. The van der Waals surface area contributed by atoms with Crippen molar-refractivity contribution in [3.8, 4) is 0 Å². The van der Waals surface area contributed by atoms with Crippen LogP contribution in [0, 0.1) is 0 Å². The van der Waals surface area contributed by atoms with Crippen LogP contribution in [0.4, 0.5) is 5.13 Å². The molecule has 0 spiro atoms. The average molecular weight is 231 g/mol. The summed E-state index contributed by atoms with van der Waals surface area (Å²) in [5, 5.41) is 3.14. The Balaban J connectivity index is 1.82. The highest BCUT2D eigenvalue weighted by atomic mass is 35.5. The van der Waals surface area contributed by atoms with Crippen molar-refractivity contribution >= 4 is 28.1 Å². The first kappa shape index (κ1) is 8.95. The average Bonchev–Trinajstić information content (AvgIpc) is 2.93. The Labute approximate surface area is 91.6 Å². The van der Waals surface area contributed by atoms with Gasteiger partial charge in [0, 0.05) is 11.9 Å². The van der Waals surface area contributed by atoms with Gasteiger partial charge in [-0.2, -0.15) is 0 Å². The second kappa shape index (κ2) is 3.36. The molecule has 0 aromatic carbocycles. The molecule has 0 radical (unpaired) electrons. The number of nitrogens with zero attached hydrogens (tertiary/aromatic N) is 2. The molecule has 2 fully saturated rings. The maximum atomic E-state index is 5.73. The Bertz CT molecular complexity index is 343. The molecular weight excluding hydrogens is 220 g/mol. The van der Waals surface area contributed by atoms with Crippen molar-refractivity contribution in [3.05, 3.63) is 11.1 Å². The molecule has 2 atom stereocenters. The fourth-order valence-electron chi connectivity index (χ4n) is 2.12. The number of morpholine rings is 1. The van der Waals surface area contributed by atoms with Gasteiger partial charge in [-0.25, -0.2) is 4.98 Å². The molecule has 0 aliphatic carbocycles. The number of aromatic nitrogens is 1. The highest BCUT2D eigenvalue weighted by Crippen LogP contribution is 2.34. The van der Waals surface area contributed by atoms with Crippen LogP contribution in [0.5, 0.6) is 0 Å². The van der Waals surface area contributed by atoms with E-state index in [-0.39, 0.29) is 0 Å². The van der Waals surface area contributed by atoms with E-state index in [1.165, 1.54) is 0 Å². The van der Waals surface area contributed by atoms with E-state index in [2.05, 4.69) is 9.88 Å². The zero-order valence-electron chi connectivity index (χ0n) is 7.65. The fourth-order valence-corrected chi connectivity index (χ4v) is 3.26. The molecule has 2 saturated heterocycles. The summed E-state index contributed by atoms with van der Waals surface area (Å²) >= 11 is 7.41. The van der Waals surface area contributed by atoms with Crippen LogP contribution < -0.4 is 4.90 Å². The van der Waals surface area contributed by atoms with Crippen LogP contribution >= 0.6 is 22.9 Å². The number of alkyl halides is 1. The first-order valence-electron chi connectivity index (χ1n) is 4.75. The smallest absolute Gasteiger partial charge is 0.185 e. The monoisotopic (exact) mass is 230 g/mol. The number of rotatable bonds is 2. The molecule has 2 aliphatic rings. The van der Waals surface area contributed by atoms with Crippen LogP contribution in [0.1, 0.15) is 12.1 Å². The second-order valence-corrected chi connectivity index (χ2v) is 4.86. The standard InChI is InChI=1S/C9H11ClN2OS/c10-2-6-5-14-9(11-6)12-3-8-1-7(12)4-13-8/h5,7-8H,1-4H2. The van der Waals surface area contributed by atoms with Crippen LogP contribution in [-0.2, 0) is 10.6 Å². The Morgan fingerprint density at radius 1 is 1.71 bits per heavy atom. The minimum atomic E-state index is 0.434. The summed E-state index contributed by atoms with van der Waals surface area (Å²) in [5.41, 5.74) is 0.982. The zero-order valence-corrected chi connectivity index (χ0v) is 9.22. The molecule has 2 aliphatic heterocycles. The van der Waals surface area contributed by atoms with Gasteiger partial charge in [0.15, 0.2) is 5.13 Å². The van der Waals surface area contributed by atoms with Crippen LogP contribution in [0.15, 0.2) is 5.38 Å². The van der Waals surface area contributed by atoms with E-state index in [0.717, 1.165) is 30.4 Å². The van der Waals surface area contributed by atoms with Crippen molar-refractivity contribution in [2.75, 3.05) is 18.1 Å². The normalized spacial score (nSPS) is 30.2. The lowest BCUT2D eigenvalue weighted by Crippen LogP contribution is -2.36. The molecule has 14 heavy (non-hydrogen) atoms. The van der Waals surface area contributed by atoms with Crippen molar-refractivity contribution in [2.45, 2.75) is 24.4 Å². The van der Waals surface area contributed by atoms with Crippen LogP contribution in [0.3, 0.4) is 0 Å². The van der Waals surface area contributed by atoms with Crippen molar-refractivity contribution < 1.29 is 4.74 Å². The number of anilines is 1. The summed E-state index contributed by atoms with van der Waals surface area (Å²) in [6, 6.07) is 0.550. The Hall–Kier alpha value is -0.320. The molecular formula is C9H11ClN2OS. The van der Waals surface area contributed by atoms with Gasteiger partial charge >= 0.3 is 0 Å². The van der Waals surface area contributed by atoms with E-state index in [9.17, 15) is 0 Å². The molecule has 0 saturated carbocycles. The molecule has 3 rings (SSSR count). The van der Waals surface area contributed by atoms with Gasteiger partial charge in [-0.15, -0.1) is 22.9 Å². The lowest BCUT2D eigenvalue weighted by molar-refractivity contribution is 0.0991. The third kappa shape index (κ3) is 1.33. The summed E-state index contributed by atoms with van der Waals surface area (Å²) in [4.78, 5) is 6.84. The fraction of sp³-hybridized carbons (Fsp3) is 0.667. The highest BCUT2D eigenvalue weighted by molar-refractivity contribution is 7.13. The van der Waals surface area contributed by atoms with Gasteiger partial charge in [0.2, 0.25) is 0 Å². The largest absolute Gasteiger partial charge is 0.374 e. The third-order valence-electron chi connectivity index (χ3n) is 2.82. The van der Waals surface area contributed by atoms with Gasteiger partial charge in [-0.05, 0) is 6.42 Å². The van der Waals surface area contributed by atoms with Crippen molar-refractivity contribution in [2.24, 2.45) is 0 Å². The molecule has 2 bridgehead atoms. The van der Waals surface area contributed by atoms with E-state index in [0.29, 0.717) is 18.0 Å². The minimum absolute atomic E-state index is 0.434. The molecule has 3 heterocycles. The van der Waals surface area contributed by atoms with Crippen molar-refractivity contribution in [3.63, 3.8) is 0 Å². The summed E-state index contributed by atoms with van der Waals surface area (Å²) in [7, 11) is 0. The van der Waals surface area contributed by atoms with E-state index in [1.54, 1.807) is 11.3 Å². The molecule has 5 heteroatoms. The number of ether oxygens (including phenoxy) is 1. The van der Waals surface area contributed by atoms with Gasteiger partial charge < -0.3 is 9.64 Å². The first-order chi connectivity index (χ1) is 6.86. The molecule has 76 valence electrons. The topological polar surface area (TPSA) is 25.4 Å². The molecule has 0 N–H and O–H groups in total. The van der Waals surface area contributed by atoms with Gasteiger partial charge in [0.05, 0.1) is 30.3 Å². The number of hydrogen-bond acceptors (Lipinski definition) is 4. The zero-order chi connectivity index (χ0) is 9.54. The Morgan fingerprint density at radius 2 is 2.64 bits per heavy atom. The summed E-state index contributed by atoms with van der Waals surface area (Å²) in [6.07, 6.45) is 1.60. The van der Waals surface area contributed by atoms with E-state index < -0.39 is 0 Å². The lowest BCUT2D eigenvalue weighted by atomic mass is 10.2. The third-order valence-corrected chi connectivity index (χ3v) is 4.02. The predicted molar refractivity (Wildman–Crippen MR) is 57.2 cm³/mol. The van der Waals surface area contributed by atoms with Gasteiger partial charge in [0.1, 0.15) is 0 Å². The summed E-state index contributed by atoms with van der Waals surface area (Å²) in [5.74, 6) is 0.509. The quantitative estimate of drug-likeness (QED) is 0.726. The first-order valence-corrected chi connectivity index (χ1v) is 6.17. The number of fused-ring (bicyclic) bond motifs is 2. The van der Waals surface area contributed by atoms with Crippen molar-refractivity contribution in [1.82, 2.24) is 4.98 Å². The molecule has 2 unspecified atom stereocenters. The van der Waals surface area contributed by atoms with Crippen molar-refractivity contribution in [1.29, 1.82) is 0 Å². The molecule has 1 aromatic rings. The van der Waals surface area contributed by atoms with E-state index >= 15 is 0 Å². The Morgan fingerprint density at radius 3 is 3.21 bits per heavy atom. The summed E-state index contributed by atoms with van der Waals surface area (Å²) in [6.45, 7) is 1.86. The van der Waals surface area contributed by atoms with E-state index in [4.69, 9.17) is 16.3 Å². The summed E-state index contributed by atoms with van der Waals surface area (Å²) < 4.78 is 5.55. The molecule has 1 aromatic heterocycles. The highest BCUT2D eigenvalue weighted by Gasteiger charge is 2.40. The van der Waals surface area contributed by atoms with Gasteiger partial charge in [-0.1, -0.05) is 0 Å². The SMILES string of the molecule is ClCc1csc(N2CC3CC2CO3)n1. The van der Waals surface area contributed by atoms with Crippen LogP contribution in [0.25, 0.3) is 0 Å². The number of thiazole rings is 1. The molecule has 3 nitrogen and oxygen atoms in total.